The van der Waals surface area contributed by atoms with E-state index >= 15 is 0 Å². The highest BCUT2D eigenvalue weighted by atomic mass is 19.4. The summed E-state index contributed by atoms with van der Waals surface area (Å²) in [4.78, 5) is 1.69. The summed E-state index contributed by atoms with van der Waals surface area (Å²) >= 11 is 0. The highest BCUT2D eigenvalue weighted by molar-refractivity contribution is 5.51. The smallest absolute Gasteiger partial charge is 0.369 e. The summed E-state index contributed by atoms with van der Waals surface area (Å²) in [6.45, 7) is 1.96. The molecule has 0 amide bonds. The SMILES string of the molecule is CNCC1CCN(c2cc(C(F)(F)F)ccc2F)C1. The Hall–Kier alpha value is -1.30. The van der Waals surface area contributed by atoms with Crippen LogP contribution in [0, 0.1) is 11.7 Å². The van der Waals surface area contributed by atoms with Gasteiger partial charge in [-0.25, -0.2) is 4.39 Å². The molecule has 0 spiro atoms. The number of hydrogen-bond donors (Lipinski definition) is 1. The van der Waals surface area contributed by atoms with Gasteiger partial charge in [0.2, 0.25) is 0 Å². The maximum absolute atomic E-state index is 13.7. The molecule has 1 N–H and O–H groups in total. The first-order chi connectivity index (χ1) is 8.91. The molecule has 1 aromatic rings. The van der Waals surface area contributed by atoms with Gasteiger partial charge in [-0.1, -0.05) is 0 Å². The van der Waals surface area contributed by atoms with Gasteiger partial charge in [-0.15, -0.1) is 0 Å². The van der Waals surface area contributed by atoms with Crippen LogP contribution in [0.15, 0.2) is 18.2 Å². The molecule has 106 valence electrons. The van der Waals surface area contributed by atoms with Crippen LogP contribution >= 0.6 is 0 Å². The molecule has 0 bridgehead atoms. The standard InChI is InChI=1S/C13H16F4N2/c1-18-7-9-4-5-19(8-9)12-6-10(13(15,16)17)2-3-11(12)14/h2-3,6,9,18H,4-5,7-8H2,1H3. The number of anilines is 1. The zero-order valence-electron chi connectivity index (χ0n) is 10.6. The number of nitrogens with zero attached hydrogens (tertiary/aromatic N) is 1. The van der Waals surface area contributed by atoms with Crippen LogP contribution in [0.1, 0.15) is 12.0 Å². The van der Waals surface area contributed by atoms with Crippen molar-refractivity contribution in [3.8, 4) is 0 Å². The van der Waals surface area contributed by atoms with Crippen molar-refractivity contribution < 1.29 is 17.6 Å². The Bertz CT molecular complexity index is 445. The fourth-order valence-electron chi connectivity index (χ4n) is 2.44. The third kappa shape index (κ3) is 3.18. The fraction of sp³-hybridized carbons (Fsp3) is 0.538. The Kier molecular flexibility index (Phi) is 3.99. The van der Waals surface area contributed by atoms with E-state index in [1.54, 1.807) is 4.90 Å². The Morgan fingerprint density at radius 3 is 2.74 bits per heavy atom. The minimum absolute atomic E-state index is 0.0495. The molecular weight excluding hydrogens is 260 g/mol. The van der Waals surface area contributed by atoms with Crippen LogP contribution in [-0.4, -0.2) is 26.7 Å². The Morgan fingerprint density at radius 1 is 1.37 bits per heavy atom. The van der Waals surface area contributed by atoms with Crippen LogP contribution in [0.4, 0.5) is 23.2 Å². The highest BCUT2D eigenvalue weighted by Gasteiger charge is 2.32. The molecule has 0 radical (unpaired) electrons. The minimum atomic E-state index is -4.44. The van der Waals surface area contributed by atoms with Crippen molar-refractivity contribution in [2.24, 2.45) is 5.92 Å². The topological polar surface area (TPSA) is 15.3 Å². The van der Waals surface area contributed by atoms with Gasteiger partial charge in [-0.2, -0.15) is 13.2 Å². The van der Waals surface area contributed by atoms with Crippen molar-refractivity contribution in [1.29, 1.82) is 0 Å². The monoisotopic (exact) mass is 276 g/mol. The maximum Gasteiger partial charge on any atom is 0.416 e. The average Bonchev–Trinajstić information content (AvgIpc) is 2.77. The van der Waals surface area contributed by atoms with Crippen molar-refractivity contribution in [3.05, 3.63) is 29.6 Å². The van der Waals surface area contributed by atoms with E-state index in [0.717, 1.165) is 31.2 Å². The maximum atomic E-state index is 13.7. The first kappa shape index (κ1) is 14.1. The van der Waals surface area contributed by atoms with Crippen LogP contribution in [0.5, 0.6) is 0 Å². The van der Waals surface area contributed by atoms with Gasteiger partial charge >= 0.3 is 6.18 Å². The zero-order chi connectivity index (χ0) is 14.0. The molecule has 0 aromatic heterocycles. The summed E-state index contributed by atoms with van der Waals surface area (Å²) in [5.41, 5.74) is -0.755. The van der Waals surface area contributed by atoms with E-state index in [1.165, 1.54) is 0 Å². The summed E-state index contributed by atoms with van der Waals surface area (Å²) in [5, 5.41) is 3.03. The quantitative estimate of drug-likeness (QED) is 0.854. The number of hydrogen-bond acceptors (Lipinski definition) is 2. The van der Waals surface area contributed by atoms with Gasteiger partial charge in [0.1, 0.15) is 5.82 Å². The lowest BCUT2D eigenvalue weighted by atomic mass is 10.1. The second-order valence-electron chi connectivity index (χ2n) is 4.82. The molecule has 0 aliphatic carbocycles. The van der Waals surface area contributed by atoms with E-state index in [0.29, 0.717) is 19.0 Å². The van der Waals surface area contributed by atoms with Gasteiger partial charge in [0.25, 0.3) is 0 Å². The third-order valence-corrected chi connectivity index (χ3v) is 3.39. The molecule has 1 aromatic carbocycles. The van der Waals surface area contributed by atoms with E-state index < -0.39 is 17.6 Å². The first-order valence-electron chi connectivity index (χ1n) is 6.18. The van der Waals surface area contributed by atoms with Crippen molar-refractivity contribution in [2.45, 2.75) is 12.6 Å². The molecule has 1 fully saturated rings. The number of alkyl halides is 3. The number of halogens is 4. The van der Waals surface area contributed by atoms with Crippen LogP contribution in [0.2, 0.25) is 0 Å². The number of benzene rings is 1. The van der Waals surface area contributed by atoms with E-state index in [9.17, 15) is 17.6 Å². The molecular formula is C13H16F4N2. The molecule has 1 aliphatic rings. The summed E-state index contributed by atoms with van der Waals surface area (Å²) in [5.74, 6) is -0.253. The molecule has 1 aliphatic heterocycles. The largest absolute Gasteiger partial charge is 0.416 e. The van der Waals surface area contributed by atoms with Crippen LogP contribution < -0.4 is 10.2 Å². The summed E-state index contributed by atoms with van der Waals surface area (Å²) in [6.07, 6.45) is -3.58. The van der Waals surface area contributed by atoms with Gasteiger partial charge in [0, 0.05) is 13.1 Å². The van der Waals surface area contributed by atoms with E-state index in [1.807, 2.05) is 7.05 Å². The summed E-state index contributed by atoms with van der Waals surface area (Å²) in [6, 6.07) is 2.57. The van der Waals surface area contributed by atoms with Crippen LogP contribution in [0.3, 0.4) is 0 Å². The lowest BCUT2D eigenvalue weighted by molar-refractivity contribution is -0.137. The summed E-state index contributed by atoms with van der Waals surface area (Å²) in [7, 11) is 1.83. The van der Waals surface area contributed by atoms with Gasteiger partial charge in [-0.3, -0.25) is 0 Å². The van der Waals surface area contributed by atoms with Crippen molar-refractivity contribution in [3.63, 3.8) is 0 Å². The third-order valence-electron chi connectivity index (χ3n) is 3.39. The molecule has 2 rings (SSSR count). The van der Waals surface area contributed by atoms with Crippen molar-refractivity contribution >= 4 is 5.69 Å². The molecule has 1 atom stereocenters. The van der Waals surface area contributed by atoms with Crippen molar-refractivity contribution in [2.75, 3.05) is 31.6 Å². The van der Waals surface area contributed by atoms with E-state index in [2.05, 4.69) is 5.32 Å². The predicted octanol–water partition coefficient (Wildman–Crippen LogP) is 2.89. The molecule has 6 heteroatoms. The second-order valence-corrected chi connectivity index (χ2v) is 4.82. The van der Waals surface area contributed by atoms with E-state index in [4.69, 9.17) is 0 Å². The van der Waals surface area contributed by atoms with E-state index in [-0.39, 0.29) is 5.69 Å². The predicted molar refractivity (Wildman–Crippen MR) is 65.6 cm³/mol. The first-order valence-corrected chi connectivity index (χ1v) is 6.18. The lowest BCUT2D eigenvalue weighted by Crippen LogP contribution is -2.25. The number of nitrogens with one attached hydrogen (secondary N) is 1. The second kappa shape index (κ2) is 5.36. The van der Waals surface area contributed by atoms with Gasteiger partial charge in [0.15, 0.2) is 0 Å². The molecule has 2 nitrogen and oxygen atoms in total. The molecule has 1 heterocycles. The molecule has 0 saturated carbocycles. The molecule has 1 saturated heterocycles. The van der Waals surface area contributed by atoms with Crippen molar-refractivity contribution in [1.82, 2.24) is 5.32 Å². The molecule has 1 unspecified atom stereocenters. The summed E-state index contributed by atoms with van der Waals surface area (Å²) < 4.78 is 51.6. The lowest BCUT2D eigenvalue weighted by Gasteiger charge is -2.21. The molecule has 19 heavy (non-hydrogen) atoms. The van der Waals surface area contributed by atoms with Gasteiger partial charge in [-0.05, 0) is 44.1 Å². The Morgan fingerprint density at radius 2 is 2.11 bits per heavy atom. The fourth-order valence-corrected chi connectivity index (χ4v) is 2.44. The van der Waals surface area contributed by atoms with Crippen LogP contribution in [0.25, 0.3) is 0 Å². The zero-order valence-corrected chi connectivity index (χ0v) is 10.6. The van der Waals surface area contributed by atoms with Crippen LogP contribution in [-0.2, 0) is 6.18 Å². The van der Waals surface area contributed by atoms with Gasteiger partial charge < -0.3 is 10.2 Å². The Balaban J connectivity index is 2.20. The number of rotatable bonds is 3. The van der Waals surface area contributed by atoms with Gasteiger partial charge in [0.05, 0.1) is 11.3 Å². The average molecular weight is 276 g/mol. The Labute approximate surface area is 109 Å². The minimum Gasteiger partial charge on any atom is -0.369 e. The highest BCUT2D eigenvalue weighted by Crippen LogP contribution is 2.34. The normalized spacial score (nSPS) is 20.1.